The van der Waals surface area contributed by atoms with Crippen LogP contribution in [0.15, 0.2) is 24.3 Å². The minimum atomic E-state index is -0.226. The second-order valence-electron chi connectivity index (χ2n) is 6.96. The monoisotopic (exact) mass is 349 g/mol. The van der Waals surface area contributed by atoms with Crippen LogP contribution in [0.4, 0.5) is 10.1 Å². The fourth-order valence-electron chi connectivity index (χ4n) is 3.82. The average molecular weight is 349 g/mol. The van der Waals surface area contributed by atoms with Crippen LogP contribution in [-0.4, -0.2) is 72.7 Å². The molecule has 2 heterocycles. The molecule has 138 valence electrons. The Kier molecular flexibility index (Phi) is 6.26. The van der Waals surface area contributed by atoms with Gasteiger partial charge in [0.2, 0.25) is 5.91 Å². The van der Waals surface area contributed by atoms with Crippen LogP contribution in [0.25, 0.3) is 0 Å². The fourth-order valence-corrected chi connectivity index (χ4v) is 3.82. The molecule has 2 fully saturated rings. The van der Waals surface area contributed by atoms with E-state index in [0.29, 0.717) is 19.5 Å². The Hall–Kier alpha value is -1.66. The summed E-state index contributed by atoms with van der Waals surface area (Å²) < 4.78 is 13.0. The van der Waals surface area contributed by atoms with Crippen molar-refractivity contribution in [3.05, 3.63) is 30.1 Å². The van der Waals surface area contributed by atoms with Crippen LogP contribution < -0.4 is 4.90 Å². The van der Waals surface area contributed by atoms with Gasteiger partial charge in [-0.3, -0.25) is 9.69 Å². The highest BCUT2D eigenvalue weighted by atomic mass is 19.1. The number of anilines is 1. The van der Waals surface area contributed by atoms with Crippen molar-refractivity contribution in [3.63, 3.8) is 0 Å². The lowest BCUT2D eigenvalue weighted by atomic mass is 10.0. The van der Waals surface area contributed by atoms with Gasteiger partial charge in [0, 0.05) is 50.9 Å². The van der Waals surface area contributed by atoms with Crippen LogP contribution in [0.3, 0.4) is 0 Å². The second-order valence-corrected chi connectivity index (χ2v) is 6.96. The third-order valence-corrected chi connectivity index (χ3v) is 5.40. The van der Waals surface area contributed by atoms with Gasteiger partial charge in [-0.15, -0.1) is 0 Å². The third kappa shape index (κ3) is 4.70. The van der Waals surface area contributed by atoms with Gasteiger partial charge in [0.15, 0.2) is 0 Å². The molecule has 1 aromatic carbocycles. The number of hydrogen-bond donors (Lipinski definition) is 1. The van der Waals surface area contributed by atoms with Crippen molar-refractivity contribution in [2.24, 2.45) is 0 Å². The first-order valence-corrected chi connectivity index (χ1v) is 9.30. The van der Waals surface area contributed by atoms with Crippen LogP contribution in [0, 0.1) is 5.82 Å². The van der Waals surface area contributed by atoms with E-state index >= 15 is 0 Å². The molecule has 1 amide bonds. The third-order valence-electron chi connectivity index (χ3n) is 5.40. The lowest BCUT2D eigenvalue weighted by Gasteiger charge is -2.37. The summed E-state index contributed by atoms with van der Waals surface area (Å²) in [7, 11) is 0. The first kappa shape index (κ1) is 18.1. The quantitative estimate of drug-likeness (QED) is 0.879. The molecule has 0 bridgehead atoms. The Balaban J connectivity index is 1.44. The number of amides is 1. The maximum Gasteiger partial charge on any atom is 0.223 e. The van der Waals surface area contributed by atoms with Gasteiger partial charge in [-0.1, -0.05) is 6.42 Å². The van der Waals surface area contributed by atoms with Crippen molar-refractivity contribution >= 4 is 11.6 Å². The number of nitrogens with zero attached hydrogens (tertiary/aromatic N) is 3. The predicted molar refractivity (Wildman–Crippen MR) is 96.1 cm³/mol. The molecule has 0 unspecified atom stereocenters. The summed E-state index contributed by atoms with van der Waals surface area (Å²) in [5.74, 6) is -0.0301. The zero-order valence-electron chi connectivity index (χ0n) is 14.7. The number of aliphatic hydroxyl groups excluding tert-OH is 1. The van der Waals surface area contributed by atoms with Crippen LogP contribution in [0.1, 0.15) is 25.7 Å². The highest BCUT2D eigenvalue weighted by Crippen LogP contribution is 2.19. The molecule has 0 radical (unpaired) electrons. The van der Waals surface area contributed by atoms with Gasteiger partial charge in [0.05, 0.1) is 6.61 Å². The number of likely N-dealkylation sites (tertiary alicyclic amines) is 1. The maximum atomic E-state index is 13.0. The van der Waals surface area contributed by atoms with E-state index in [0.717, 1.165) is 44.7 Å². The Morgan fingerprint density at radius 2 is 1.80 bits per heavy atom. The second kappa shape index (κ2) is 8.63. The predicted octanol–water partition coefficient (Wildman–Crippen LogP) is 1.71. The molecular weight excluding hydrogens is 321 g/mol. The molecule has 25 heavy (non-hydrogen) atoms. The number of carbonyl (C=O) groups is 1. The molecule has 5 nitrogen and oxygen atoms in total. The highest BCUT2D eigenvalue weighted by molar-refractivity contribution is 5.76. The van der Waals surface area contributed by atoms with Crippen molar-refractivity contribution < 1.29 is 14.3 Å². The minimum Gasteiger partial charge on any atom is -0.395 e. The number of halogens is 1. The van der Waals surface area contributed by atoms with Crippen molar-refractivity contribution in [3.8, 4) is 0 Å². The van der Waals surface area contributed by atoms with Gasteiger partial charge >= 0.3 is 0 Å². The van der Waals surface area contributed by atoms with Crippen LogP contribution in [-0.2, 0) is 4.79 Å². The molecule has 2 aliphatic rings. The SMILES string of the molecule is O=C(CCN1CCCC[C@@H]1CO)N1CCN(c2ccc(F)cc2)CC1. The van der Waals surface area contributed by atoms with Gasteiger partial charge in [0.1, 0.15) is 5.82 Å². The average Bonchev–Trinajstić information content (AvgIpc) is 2.67. The molecule has 1 aromatic rings. The van der Waals surface area contributed by atoms with Gasteiger partial charge < -0.3 is 14.9 Å². The first-order chi connectivity index (χ1) is 12.2. The number of rotatable bonds is 5. The van der Waals surface area contributed by atoms with Crippen molar-refractivity contribution in [1.82, 2.24) is 9.80 Å². The molecule has 0 aliphatic carbocycles. The van der Waals surface area contributed by atoms with Crippen LogP contribution >= 0.6 is 0 Å². The largest absolute Gasteiger partial charge is 0.395 e. The zero-order valence-corrected chi connectivity index (χ0v) is 14.7. The summed E-state index contributed by atoms with van der Waals surface area (Å²) in [6.07, 6.45) is 3.87. The van der Waals surface area contributed by atoms with Crippen molar-refractivity contribution in [1.29, 1.82) is 0 Å². The topological polar surface area (TPSA) is 47.0 Å². The molecular formula is C19H28FN3O2. The van der Waals surface area contributed by atoms with Gasteiger partial charge in [-0.05, 0) is 43.7 Å². The van der Waals surface area contributed by atoms with Crippen molar-refractivity contribution in [2.45, 2.75) is 31.7 Å². The Morgan fingerprint density at radius 3 is 2.48 bits per heavy atom. The highest BCUT2D eigenvalue weighted by Gasteiger charge is 2.25. The fraction of sp³-hybridized carbons (Fsp3) is 0.632. The van der Waals surface area contributed by atoms with Crippen LogP contribution in [0.2, 0.25) is 0 Å². The molecule has 0 aromatic heterocycles. The van der Waals surface area contributed by atoms with Crippen LogP contribution in [0.5, 0.6) is 0 Å². The van der Waals surface area contributed by atoms with E-state index in [4.69, 9.17) is 0 Å². The lowest BCUT2D eigenvalue weighted by molar-refractivity contribution is -0.132. The molecule has 6 heteroatoms. The summed E-state index contributed by atoms with van der Waals surface area (Å²) in [6, 6.07) is 6.75. The Bertz CT molecular complexity index is 558. The summed E-state index contributed by atoms with van der Waals surface area (Å²) >= 11 is 0. The molecule has 1 atom stereocenters. The number of piperidine rings is 1. The first-order valence-electron chi connectivity index (χ1n) is 9.30. The van der Waals surface area contributed by atoms with Gasteiger partial charge in [0.25, 0.3) is 0 Å². The number of benzene rings is 1. The van der Waals surface area contributed by atoms with Gasteiger partial charge in [-0.25, -0.2) is 4.39 Å². The van der Waals surface area contributed by atoms with E-state index in [-0.39, 0.29) is 24.4 Å². The molecule has 3 rings (SSSR count). The standard InChI is InChI=1S/C19H28FN3O2/c20-16-4-6-17(7-5-16)22-11-13-23(14-12-22)19(25)8-10-21-9-2-1-3-18(21)15-24/h4-7,18,24H,1-3,8-15H2/t18-/m1/s1. The molecule has 2 saturated heterocycles. The van der Waals surface area contributed by atoms with E-state index in [9.17, 15) is 14.3 Å². The van der Waals surface area contributed by atoms with E-state index < -0.39 is 0 Å². The number of carbonyl (C=O) groups excluding carboxylic acids is 1. The smallest absolute Gasteiger partial charge is 0.223 e. The Labute approximate surface area is 149 Å². The normalized spacial score (nSPS) is 22.2. The summed E-state index contributed by atoms with van der Waals surface area (Å²) in [5, 5.41) is 9.46. The number of piperazine rings is 1. The minimum absolute atomic E-state index is 0.185. The van der Waals surface area contributed by atoms with Crippen molar-refractivity contribution in [2.75, 3.05) is 50.8 Å². The number of aliphatic hydroxyl groups is 1. The van der Waals surface area contributed by atoms with E-state index in [2.05, 4.69) is 9.80 Å². The maximum absolute atomic E-state index is 13.0. The van der Waals surface area contributed by atoms with E-state index in [1.165, 1.54) is 18.6 Å². The lowest BCUT2D eigenvalue weighted by Crippen LogP contribution is -2.50. The molecule has 1 N–H and O–H groups in total. The van der Waals surface area contributed by atoms with E-state index in [1.54, 1.807) is 12.1 Å². The summed E-state index contributed by atoms with van der Waals surface area (Å²) in [6.45, 7) is 4.88. The molecule has 0 saturated carbocycles. The summed E-state index contributed by atoms with van der Waals surface area (Å²) in [4.78, 5) is 18.9. The Morgan fingerprint density at radius 1 is 1.08 bits per heavy atom. The zero-order chi connectivity index (χ0) is 17.6. The number of hydrogen-bond acceptors (Lipinski definition) is 4. The van der Waals surface area contributed by atoms with Gasteiger partial charge in [-0.2, -0.15) is 0 Å². The summed E-state index contributed by atoms with van der Waals surface area (Å²) in [5.41, 5.74) is 1.01. The molecule has 2 aliphatic heterocycles. The molecule has 0 spiro atoms. The van der Waals surface area contributed by atoms with E-state index in [1.807, 2.05) is 4.90 Å².